The molecule has 1 atom stereocenters. The second kappa shape index (κ2) is 8.00. The maximum absolute atomic E-state index is 12.7. The van der Waals surface area contributed by atoms with Crippen LogP contribution >= 0.6 is 0 Å². The minimum absolute atomic E-state index is 0.0184. The Kier molecular flexibility index (Phi) is 5.26. The van der Waals surface area contributed by atoms with E-state index in [1.807, 2.05) is 19.1 Å². The van der Waals surface area contributed by atoms with E-state index in [4.69, 9.17) is 4.74 Å². The molecular weight excluding hydrogens is 370 g/mol. The molecule has 0 aliphatic carbocycles. The van der Waals surface area contributed by atoms with Crippen LogP contribution in [0.25, 0.3) is 11.0 Å². The topological polar surface area (TPSA) is 94.7 Å². The van der Waals surface area contributed by atoms with Crippen LogP contribution in [0.15, 0.2) is 47.3 Å². The number of hydrogen-bond donors (Lipinski definition) is 4. The standard InChI is InChI=1S/C21H25N5O3/c1-14(20(27)22-15-3-8-18-19(13-15)24-21(28)23-18)25-9-11-26(12-10-25)16-4-6-17(29-2)7-5-16/h3-8,13-14H,9-12H2,1-2H3,(H,22,27)(H2,23,24,28)/p+1/t14-/m0/s1. The quantitative estimate of drug-likeness (QED) is 0.508. The number of methoxy groups -OCH3 is 1. The predicted molar refractivity (Wildman–Crippen MR) is 113 cm³/mol. The summed E-state index contributed by atoms with van der Waals surface area (Å²) in [7, 11) is 1.67. The molecule has 1 fully saturated rings. The van der Waals surface area contributed by atoms with E-state index in [-0.39, 0.29) is 17.6 Å². The number of hydrogen-bond acceptors (Lipinski definition) is 4. The van der Waals surface area contributed by atoms with Gasteiger partial charge < -0.3 is 29.8 Å². The van der Waals surface area contributed by atoms with Crippen molar-refractivity contribution in [3.63, 3.8) is 0 Å². The number of nitrogens with zero attached hydrogens (tertiary/aromatic N) is 1. The van der Waals surface area contributed by atoms with Gasteiger partial charge in [-0.1, -0.05) is 0 Å². The van der Waals surface area contributed by atoms with Crippen LogP contribution in [-0.2, 0) is 4.79 Å². The largest absolute Gasteiger partial charge is 0.497 e. The fraction of sp³-hybridized carbons (Fsp3) is 0.333. The zero-order valence-corrected chi connectivity index (χ0v) is 16.6. The molecule has 0 radical (unpaired) electrons. The molecule has 0 bridgehead atoms. The van der Waals surface area contributed by atoms with Gasteiger partial charge in [0.2, 0.25) is 0 Å². The number of aromatic nitrogens is 2. The summed E-state index contributed by atoms with van der Waals surface area (Å²) in [5, 5.41) is 2.97. The summed E-state index contributed by atoms with van der Waals surface area (Å²) in [4.78, 5) is 33.1. The third kappa shape index (κ3) is 4.12. The van der Waals surface area contributed by atoms with Crippen molar-refractivity contribution in [2.24, 2.45) is 0 Å². The highest BCUT2D eigenvalue weighted by molar-refractivity contribution is 5.95. The summed E-state index contributed by atoms with van der Waals surface area (Å²) in [5.41, 5.74) is 3.01. The number of imidazole rings is 1. The van der Waals surface area contributed by atoms with E-state index in [1.54, 1.807) is 25.3 Å². The molecule has 0 saturated carbocycles. The van der Waals surface area contributed by atoms with Crippen molar-refractivity contribution in [3.05, 3.63) is 52.9 Å². The molecule has 3 aromatic rings. The van der Waals surface area contributed by atoms with E-state index in [2.05, 4.69) is 32.3 Å². The van der Waals surface area contributed by atoms with E-state index in [0.717, 1.165) is 37.4 Å². The Labute approximate surface area is 168 Å². The molecule has 1 amide bonds. The van der Waals surface area contributed by atoms with Crippen molar-refractivity contribution >= 4 is 28.3 Å². The number of fused-ring (bicyclic) bond motifs is 1. The van der Waals surface area contributed by atoms with Crippen molar-refractivity contribution in [2.75, 3.05) is 43.5 Å². The van der Waals surface area contributed by atoms with Gasteiger partial charge in [0, 0.05) is 11.4 Å². The number of piperazine rings is 1. The highest BCUT2D eigenvalue weighted by atomic mass is 16.5. The SMILES string of the molecule is COc1ccc(N2CC[NH+]([C@@H](C)C(=O)Nc3ccc4[nH]c(=O)[nH]c4c3)CC2)cc1. The molecule has 4 rings (SSSR count). The summed E-state index contributed by atoms with van der Waals surface area (Å²) in [6.07, 6.45) is 0. The van der Waals surface area contributed by atoms with E-state index in [9.17, 15) is 9.59 Å². The first-order valence-corrected chi connectivity index (χ1v) is 9.80. The van der Waals surface area contributed by atoms with Gasteiger partial charge in [0.05, 0.1) is 44.3 Å². The van der Waals surface area contributed by atoms with Crippen molar-refractivity contribution in [2.45, 2.75) is 13.0 Å². The Morgan fingerprint density at radius 1 is 1.10 bits per heavy atom. The van der Waals surface area contributed by atoms with Crippen LogP contribution in [0.5, 0.6) is 5.75 Å². The maximum Gasteiger partial charge on any atom is 0.323 e. The number of benzene rings is 2. The predicted octanol–water partition coefficient (Wildman–Crippen LogP) is 0.597. The molecule has 2 aromatic carbocycles. The van der Waals surface area contributed by atoms with E-state index < -0.39 is 0 Å². The second-order valence-electron chi connectivity index (χ2n) is 7.39. The molecule has 29 heavy (non-hydrogen) atoms. The third-order valence-corrected chi connectivity index (χ3v) is 5.63. The number of anilines is 2. The first-order chi connectivity index (χ1) is 14.0. The number of nitrogens with one attached hydrogen (secondary N) is 4. The monoisotopic (exact) mass is 396 g/mol. The molecule has 8 heteroatoms. The minimum atomic E-state index is -0.254. The molecule has 1 aliphatic heterocycles. The van der Waals surface area contributed by atoms with Crippen LogP contribution in [0, 0.1) is 0 Å². The van der Waals surface area contributed by atoms with Gasteiger partial charge in [0.1, 0.15) is 5.75 Å². The number of H-pyrrole nitrogens is 2. The fourth-order valence-corrected chi connectivity index (χ4v) is 3.82. The number of aromatic amines is 2. The van der Waals surface area contributed by atoms with Gasteiger partial charge in [0.15, 0.2) is 6.04 Å². The highest BCUT2D eigenvalue weighted by Gasteiger charge is 2.29. The third-order valence-electron chi connectivity index (χ3n) is 5.63. The number of rotatable bonds is 5. The summed E-state index contributed by atoms with van der Waals surface area (Å²) in [6.45, 7) is 5.55. The van der Waals surface area contributed by atoms with Gasteiger partial charge in [-0.2, -0.15) is 0 Å². The van der Waals surface area contributed by atoms with E-state index >= 15 is 0 Å². The van der Waals surface area contributed by atoms with Crippen LogP contribution in [0.4, 0.5) is 11.4 Å². The molecule has 4 N–H and O–H groups in total. The summed E-state index contributed by atoms with van der Waals surface area (Å²) < 4.78 is 5.22. The lowest BCUT2D eigenvalue weighted by atomic mass is 10.2. The van der Waals surface area contributed by atoms with Crippen LogP contribution in [0.1, 0.15) is 6.92 Å². The molecule has 1 aliphatic rings. The lowest BCUT2D eigenvalue weighted by Crippen LogP contribution is -3.19. The Hall–Kier alpha value is -3.26. The summed E-state index contributed by atoms with van der Waals surface area (Å²) in [6, 6.07) is 13.3. The summed E-state index contributed by atoms with van der Waals surface area (Å²) in [5.74, 6) is 0.834. The van der Waals surface area contributed by atoms with Crippen LogP contribution in [-0.4, -0.2) is 55.2 Å². The molecule has 0 spiro atoms. The van der Waals surface area contributed by atoms with Crippen LogP contribution < -0.4 is 25.5 Å². The molecule has 1 aromatic heterocycles. The van der Waals surface area contributed by atoms with Gasteiger partial charge >= 0.3 is 5.69 Å². The number of ether oxygens (including phenoxy) is 1. The Balaban J connectivity index is 1.34. The number of carbonyl (C=O) groups is 1. The second-order valence-corrected chi connectivity index (χ2v) is 7.39. The van der Waals surface area contributed by atoms with Crippen molar-refractivity contribution < 1.29 is 14.4 Å². The lowest BCUT2D eigenvalue weighted by Gasteiger charge is -2.36. The van der Waals surface area contributed by atoms with E-state index in [1.165, 1.54) is 10.6 Å². The van der Waals surface area contributed by atoms with Gasteiger partial charge in [-0.3, -0.25) is 4.79 Å². The smallest absolute Gasteiger partial charge is 0.323 e. The molecule has 0 unspecified atom stereocenters. The van der Waals surface area contributed by atoms with Gasteiger partial charge in [-0.25, -0.2) is 4.79 Å². The molecule has 1 saturated heterocycles. The molecular formula is C21H26N5O3+. The normalized spacial score (nSPS) is 16.0. The first-order valence-electron chi connectivity index (χ1n) is 9.80. The Bertz CT molecular complexity index is 1050. The van der Waals surface area contributed by atoms with Crippen molar-refractivity contribution in [3.8, 4) is 5.75 Å². The average molecular weight is 396 g/mol. The zero-order valence-electron chi connectivity index (χ0n) is 16.6. The number of amides is 1. The van der Waals surface area contributed by atoms with Gasteiger partial charge in [-0.15, -0.1) is 0 Å². The zero-order chi connectivity index (χ0) is 20.4. The number of carbonyl (C=O) groups excluding carboxylic acids is 1. The van der Waals surface area contributed by atoms with Gasteiger partial charge in [0.25, 0.3) is 5.91 Å². The molecule has 8 nitrogen and oxygen atoms in total. The molecule has 152 valence electrons. The first kappa shape index (κ1) is 19.1. The average Bonchev–Trinajstić information content (AvgIpc) is 3.12. The lowest BCUT2D eigenvalue weighted by molar-refractivity contribution is -0.914. The van der Waals surface area contributed by atoms with Crippen LogP contribution in [0.2, 0.25) is 0 Å². The number of quaternary nitrogens is 1. The Morgan fingerprint density at radius 2 is 1.79 bits per heavy atom. The maximum atomic E-state index is 12.7. The van der Waals surface area contributed by atoms with Crippen molar-refractivity contribution in [1.29, 1.82) is 0 Å². The fourth-order valence-electron chi connectivity index (χ4n) is 3.82. The van der Waals surface area contributed by atoms with Crippen LogP contribution in [0.3, 0.4) is 0 Å². The molecule has 2 heterocycles. The highest BCUT2D eigenvalue weighted by Crippen LogP contribution is 2.19. The minimum Gasteiger partial charge on any atom is -0.497 e. The summed E-state index contributed by atoms with van der Waals surface area (Å²) >= 11 is 0. The Morgan fingerprint density at radius 3 is 2.48 bits per heavy atom. The van der Waals surface area contributed by atoms with Gasteiger partial charge in [-0.05, 0) is 49.4 Å². The van der Waals surface area contributed by atoms with E-state index in [0.29, 0.717) is 11.2 Å². The van der Waals surface area contributed by atoms with Crippen molar-refractivity contribution in [1.82, 2.24) is 9.97 Å².